The van der Waals surface area contributed by atoms with Crippen molar-refractivity contribution < 1.29 is 0 Å². The van der Waals surface area contributed by atoms with Gasteiger partial charge in [0.1, 0.15) is 0 Å². The summed E-state index contributed by atoms with van der Waals surface area (Å²) in [5, 5.41) is 3.46. The van der Waals surface area contributed by atoms with Crippen molar-refractivity contribution in [1.82, 2.24) is 10.2 Å². The molecule has 0 radical (unpaired) electrons. The third kappa shape index (κ3) is 10.4. The number of unbranched alkanes of at least 4 members (excludes halogenated alkanes) is 3. The van der Waals surface area contributed by atoms with Gasteiger partial charge in [0.25, 0.3) is 0 Å². The average molecular weight is 228 g/mol. The molecule has 0 unspecified atom stereocenters. The van der Waals surface area contributed by atoms with E-state index in [0.29, 0.717) is 0 Å². The summed E-state index contributed by atoms with van der Waals surface area (Å²) >= 11 is 0. The van der Waals surface area contributed by atoms with E-state index < -0.39 is 0 Å². The summed E-state index contributed by atoms with van der Waals surface area (Å²) < 4.78 is 0. The fourth-order valence-corrected chi connectivity index (χ4v) is 1.87. The van der Waals surface area contributed by atoms with Crippen LogP contribution in [0.2, 0.25) is 0 Å². The maximum Gasteiger partial charge on any atom is -0.00188 e. The molecule has 0 aromatic heterocycles. The van der Waals surface area contributed by atoms with Crippen LogP contribution in [0.4, 0.5) is 0 Å². The van der Waals surface area contributed by atoms with E-state index in [4.69, 9.17) is 0 Å². The molecular weight excluding hydrogens is 196 g/mol. The van der Waals surface area contributed by atoms with Crippen LogP contribution in [0.15, 0.2) is 0 Å². The first kappa shape index (κ1) is 15.9. The standard InChI is InChI=1S/C14H32N2/c1-4-7-13-16(6-3)14-10-8-9-12-15-11-5-2/h15H,4-14H2,1-3H3. The van der Waals surface area contributed by atoms with E-state index in [-0.39, 0.29) is 0 Å². The summed E-state index contributed by atoms with van der Waals surface area (Å²) in [6.07, 6.45) is 8.00. The minimum Gasteiger partial charge on any atom is -0.317 e. The Hall–Kier alpha value is -0.0800. The molecule has 0 aliphatic rings. The predicted molar refractivity (Wildman–Crippen MR) is 74.0 cm³/mol. The molecular formula is C14H32N2. The molecule has 0 aliphatic heterocycles. The minimum atomic E-state index is 1.18. The van der Waals surface area contributed by atoms with E-state index in [1.165, 1.54) is 71.2 Å². The topological polar surface area (TPSA) is 15.3 Å². The molecule has 98 valence electrons. The second kappa shape index (κ2) is 13.0. The normalized spacial score (nSPS) is 11.2. The molecule has 0 fully saturated rings. The van der Waals surface area contributed by atoms with Crippen LogP contribution in [0.25, 0.3) is 0 Å². The molecule has 0 bridgehead atoms. The largest absolute Gasteiger partial charge is 0.317 e. The Morgan fingerprint density at radius 1 is 0.750 bits per heavy atom. The van der Waals surface area contributed by atoms with Crippen LogP contribution in [0.5, 0.6) is 0 Å². The van der Waals surface area contributed by atoms with Crippen LogP contribution in [0.3, 0.4) is 0 Å². The van der Waals surface area contributed by atoms with Crippen molar-refractivity contribution in [3.8, 4) is 0 Å². The molecule has 0 amide bonds. The SMILES string of the molecule is CCCCN(CC)CCCCCNCCC. The minimum absolute atomic E-state index is 1.18. The maximum absolute atomic E-state index is 3.46. The maximum atomic E-state index is 3.46. The Kier molecular flexibility index (Phi) is 12.9. The number of rotatable bonds is 12. The molecule has 0 heterocycles. The van der Waals surface area contributed by atoms with Gasteiger partial charge in [0.05, 0.1) is 0 Å². The third-order valence-corrected chi connectivity index (χ3v) is 3.03. The van der Waals surface area contributed by atoms with E-state index in [1.54, 1.807) is 0 Å². The molecule has 0 atom stereocenters. The van der Waals surface area contributed by atoms with Crippen LogP contribution in [0, 0.1) is 0 Å². The van der Waals surface area contributed by atoms with Crippen LogP contribution in [-0.2, 0) is 0 Å². The van der Waals surface area contributed by atoms with Crippen molar-refractivity contribution in [3.63, 3.8) is 0 Å². The fourth-order valence-electron chi connectivity index (χ4n) is 1.87. The van der Waals surface area contributed by atoms with Gasteiger partial charge in [0, 0.05) is 0 Å². The number of hydrogen-bond acceptors (Lipinski definition) is 2. The van der Waals surface area contributed by atoms with Crippen molar-refractivity contribution in [1.29, 1.82) is 0 Å². The van der Waals surface area contributed by atoms with Crippen molar-refractivity contribution in [2.45, 2.75) is 59.3 Å². The smallest absolute Gasteiger partial charge is 0.00188 e. The zero-order valence-electron chi connectivity index (χ0n) is 11.7. The van der Waals surface area contributed by atoms with Gasteiger partial charge in [-0.2, -0.15) is 0 Å². The monoisotopic (exact) mass is 228 g/mol. The van der Waals surface area contributed by atoms with Crippen molar-refractivity contribution >= 4 is 0 Å². The molecule has 0 saturated carbocycles. The lowest BCUT2D eigenvalue weighted by atomic mass is 10.2. The number of nitrogens with zero attached hydrogens (tertiary/aromatic N) is 1. The number of hydrogen-bond donors (Lipinski definition) is 1. The van der Waals surface area contributed by atoms with Gasteiger partial charge in [-0.05, 0) is 58.4 Å². The molecule has 0 rings (SSSR count). The molecule has 0 aromatic carbocycles. The van der Waals surface area contributed by atoms with Crippen LogP contribution in [0.1, 0.15) is 59.3 Å². The van der Waals surface area contributed by atoms with E-state index in [9.17, 15) is 0 Å². The van der Waals surface area contributed by atoms with Crippen molar-refractivity contribution in [2.75, 3.05) is 32.7 Å². The zero-order chi connectivity index (χ0) is 12.1. The molecule has 0 aromatic rings. The average Bonchev–Trinajstić information content (AvgIpc) is 2.32. The highest BCUT2D eigenvalue weighted by Crippen LogP contribution is 2.00. The van der Waals surface area contributed by atoms with Gasteiger partial charge in [-0.25, -0.2) is 0 Å². The van der Waals surface area contributed by atoms with E-state index >= 15 is 0 Å². The van der Waals surface area contributed by atoms with E-state index in [2.05, 4.69) is 31.0 Å². The van der Waals surface area contributed by atoms with E-state index in [0.717, 1.165) is 0 Å². The Morgan fingerprint density at radius 3 is 2.12 bits per heavy atom. The summed E-state index contributed by atoms with van der Waals surface area (Å²) in [6.45, 7) is 13.0. The highest BCUT2D eigenvalue weighted by Gasteiger charge is 2.00. The van der Waals surface area contributed by atoms with Gasteiger partial charge in [-0.3, -0.25) is 0 Å². The Morgan fingerprint density at radius 2 is 1.50 bits per heavy atom. The van der Waals surface area contributed by atoms with Crippen molar-refractivity contribution in [2.24, 2.45) is 0 Å². The predicted octanol–water partition coefficient (Wildman–Crippen LogP) is 3.28. The highest BCUT2D eigenvalue weighted by atomic mass is 15.1. The summed E-state index contributed by atoms with van der Waals surface area (Å²) in [5.41, 5.74) is 0. The van der Waals surface area contributed by atoms with Crippen molar-refractivity contribution in [3.05, 3.63) is 0 Å². The lowest BCUT2D eigenvalue weighted by Crippen LogP contribution is -2.25. The summed E-state index contributed by atoms with van der Waals surface area (Å²) in [6, 6.07) is 0. The van der Waals surface area contributed by atoms with Gasteiger partial charge in [-0.15, -0.1) is 0 Å². The van der Waals surface area contributed by atoms with Gasteiger partial charge >= 0.3 is 0 Å². The van der Waals surface area contributed by atoms with E-state index in [1.807, 2.05) is 0 Å². The quantitative estimate of drug-likeness (QED) is 0.516. The second-order valence-electron chi connectivity index (χ2n) is 4.60. The van der Waals surface area contributed by atoms with Gasteiger partial charge in [0.15, 0.2) is 0 Å². The van der Waals surface area contributed by atoms with Gasteiger partial charge in [-0.1, -0.05) is 33.6 Å². The zero-order valence-corrected chi connectivity index (χ0v) is 11.7. The van der Waals surface area contributed by atoms with Crippen LogP contribution >= 0.6 is 0 Å². The van der Waals surface area contributed by atoms with Crippen LogP contribution < -0.4 is 5.32 Å². The molecule has 0 saturated heterocycles. The second-order valence-corrected chi connectivity index (χ2v) is 4.60. The fraction of sp³-hybridized carbons (Fsp3) is 1.00. The highest BCUT2D eigenvalue weighted by molar-refractivity contribution is 4.56. The summed E-state index contributed by atoms with van der Waals surface area (Å²) in [7, 11) is 0. The molecule has 1 N–H and O–H groups in total. The molecule has 2 heteroatoms. The molecule has 0 aliphatic carbocycles. The Labute approximate surface area is 103 Å². The first-order valence-corrected chi connectivity index (χ1v) is 7.28. The summed E-state index contributed by atoms with van der Waals surface area (Å²) in [5.74, 6) is 0. The first-order chi connectivity index (χ1) is 7.85. The lowest BCUT2D eigenvalue weighted by Gasteiger charge is -2.19. The lowest BCUT2D eigenvalue weighted by molar-refractivity contribution is 0.276. The summed E-state index contributed by atoms with van der Waals surface area (Å²) in [4.78, 5) is 2.59. The molecule has 0 spiro atoms. The van der Waals surface area contributed by atoms with Crippen LogP contribution in [-0.4, -0.2) is 37.6 Å². The Bertz CT molecular complexity index is 126. The molecule has 16 heavy (non-hydrogen) atoms. The third-order valence-electron chi connectivity index (χ3n) is 3.03. The Balaban J connectivity index is 3.20. The van der Waals surface area contributed by atoms with Gasteiger partial charge < -0.3 is 10.2 Å². The first-order valence-electron chi connectivity index (χ1n) is 7.28. The number of nitrogens with one attached hydrogen (secondary N) is 1. The van der Waals surface area contributed by atoms with Gasteiger partial charge in [0.2, 0.25) is 0 Å². The molecule has 2 nitrogen and oxygen atoms in total.